The van der Waals surface area contributed by atoms with E-state index in [1.54, 1.807) is 6.92 Å². The van der Waals surface area contributed by atoms with Gasteiger partial charge in [0.1, 0.15) is 5.75 Å². The molecular weight excluding hydrogens is 276 g/mol. The van der Waals surface area contributed by atoms with E-state index >= 15 is 0 Å². The molecule has 0 aliphatic heterocycles. The maximum absolute atomic E-state index is 11.8. The number of carbonyl (C=O) groups is 1. The molecule has 0 fully saturated rings. The van der Waals surface area contributed by atoms with Crippen LogP contribution in [0.3, 0.4) is 0 Å². The highest BCUT2D eigenvalue weighted by Gasteiger charge is 2.19. The molecule has 0 N–H and O–H groups in total. The Balaban J connectivity index is 2.08. The zero-order chi connectivity index (χ0) is 15.9. The van der Waals surface area contributed by atoms with Gasteiger partial charge >= 0.3 is 5.97 Å². The molecule has 1 atom stereocenters. The number of esters is 1. The van der Waals surface area contributed by atoms with Gasteiger partial charge in [0.15, 0.2) is 6.10 Å². The Morgan fingerprint density at radius 2 is 1.50 bits per heavy atom. The zero-order valence-corrected chi connectivity index (χ0v) is 13.3. The van der Waals surface area contributed by atoms with Crippen LogP contribution < -0.4 is 4.74 Å². The largest absolute Gasteiger partial charge is 0.479 e. The third-order valence-electron chi connectivity index (χ3n) is 3.44. The molecule has 0 spiro atoms. The summed E-state index contributed by atoms with van der Waals surface area (Å²) in [6.45, 7) is 6.13. The van der Waals surface area contributed by atoms with Crippen molar-refractivity contribution in [2.24, 2.45) is 0 Å². The standard InChI is InChI=1S/C19H22O3/c1-4-18(19(20)21-5-2)22-17-12-10-16(11-13-17)15-8-6-14(3)7-9-15/h6-13,18H,4-5H2,1-3H3/t18-/m1/s1. The first-order valence-electron chi connectivity index (χ1n) is 7.64. The maximum Gasteiger partial charge on any atom is 0.347 e. The van der Waals surface area contributed by atoms with Crippen LogP contribution in [0.1, 0.15) is 25.8 Å². The van der Waals surface area contributed by atoms with Gasteiger partial charge in [-0.1, -0.05) is 48.9 Å². The third kappa shape index (κ3) is 4.10. The van der Waals surface area contributed by atoms with Crippen molar-refractivity contribution >= 4 is 5.97 Å². The fourth-order valence-corrected chi connectivity index (χ4v) is 2.17. The van der Waals surface area contributed by atoms with Crippen molar-refractivity contribution in [3.63, 3.8) is 0 Å². The predicted molar refractivity (Wildman–Crippen MR) is 88.0 cm³/mol. The first-order valence-corrected chi connectivity index (χ1v) is 7.64. The van der Waals surface area contributed by atoms with Gasteiger partial charge in [0.05, 0.1) is 6.61 Å². The van der Waals surface area contributed by atoms with Crippen molar-refractivity contribution in [2.75, 3.05) is 6.61 Å². The van der Waals surface area contributed by atoms with Gasteiger partial charge in [-0.15, -0.1) is 0 Å². The van der Waals surface area contributed by atoms with Crippen LogP contribution in [0.25, 0.3) is 11.1 Å². The van der Waals surface area contributed by atoms with Crippen LogP contribution in [0.5, 0.6) is 5.75 Å². The fraction of sp³-hybridized carbons (Fsp3) is 0.316. The van der Waals surface area contributed by atoms with Gasteiger partial charge in [-0.3, -0.25) is 0 Å². The van der Waals surface area contributed by atoms with E-state index < -0.39 is 6.10 Å². The summed E-state index contributed by atoms with van der Waals surface area (Å²) in [6.07, 6.45) is 0.0311. The van der Waals surface area contributed by atoms with Gasteiger partial charge in [0.2, 0.25) is 0 Å². The van der Waals surface area contributed by atoms with Crippen LogP contribution >= 0.6 is 0 Å². The molecule has 0 radical (unpaired) electrons. The summed E-state index contributed by atoms with van der Waals surface area (Å²) >= 11 is 0. The maximum atomic E-state index is 11.8. The predicted octanol–water partition coefficient (Wildman–Crippen LogP) is 4.38. The fourth-order valence-electron chi connectivity index (χ4n) is 2.17. The Morgan fingerprint density at radius 3 is 2.00 bits per heavy atom. The van der Waals surface area contributed by atoms with Gasteiger partial charge in [0, 0.05) is 0 Å². The molecule has 0 heterocycles. The van der Waals surface area contributed by atoms with E-state index in [1.807, 2.05) is 31.2 Å². The van der Waals surface area contributed by atoms with Crippen molar-refractivity contribution in [3.8, 4) is 16.9 Å². The molecule has 3 nitrogen and oxygen atoms in total. The summed E-state index contributed by atoms with van der Waals surface area (Å²) in [5.74, 6) is 0.364. The summed E-state index contributed by atoms with van der Waals surface area (Å²) in [4.78, 5) is 11.8. The summed E-state index contributed by atoms with van der Waals surface area (Å²) in [5, 5.41) is 0. The van der Waals surface area contributed by atoms with Crippen molar-refractivity contribution in [3.05, 3.63) is 54.1 Å². The Kier molecular flexibility index (Phi) is 5.59. The van der Waals surface area contributed by atoms with Gasteiger partial charge < -0.3 is 9.47 Å². The second kappa shape index (κ2) is 7.64. The quantitative estimate of drug-likeness (QED) is 0.742. The lowest BCUT2D eigenvalue weighted by Gasteiger charge is -2.16. The molecule has 3 heteroatoms. The van der Waals surface area contributed by atoms with Crippen LogP contribution in [-0.2, 0) is 9.53 Å². The lowest BCUT2D eigenvalue weighted by atomic mass is 10.0. The topological polar surface area (TPSA) is 35.5 Å². The second-order valence-corrected chi connectivity index (χ2v) is 5.16. The van der Waals surface area contributed by atoms with E-state index in [9.17, 15) is 4.79 Å². The minimum absolute atomic E-state index is 0.312. The summed E-state index contributed by atoms with van der Waals surface area (Å²) in [6, 6.07) is 16.1. The first kappa shape index (κ1) is 16.1. The molecule has 116 valence electrons. The Morgan fingerprint density at radius 1 is 0.955 bits per heavy atom. The molecule has 0 saturated heterocycles. The smallest absolute Gasteiger partial charge is 0.347 e. The van der Waals surface area contributed by atoms with E-state index in [0.29, 0.717) is 18.8 Å². The minimum atomic E-state index is -0.551. The van der Waals surface area contributed by atoms with Crippen LogP contribution in [0.4, 0.5) is 0 Å². The van der Waals surface area contributed by atoms with Gasteiger partial charge in [-0.05, 0) is 43.5 Å². The van der Waals surface area contributed by atoms with Crippen molar-refractivity contribution in [1.29, 1.82) is 0 Å². The summed E-state index contributed by atoms with van der Waals surface area (Å²) < 4.78 is 10.7. The molecular formula is C19H22O3. The molecule has 0 unspecified atom stereocenters. The van der Waals surface area contributed by atoms with Crippen molar-refractivity contribution in [2.45, 2.75) is 33.3 Å². The Hall–Kier alpha value is -2.29. The monoisotopic (exact) mass is 298 g/mol. The van der Waals surface area contributed by atoms with Crippen molar-refractivity contribution in [1.82, 2.24) is 0 Å². The molecule has 0 aromatic heterocycles. The van der Waals surface area contributed by atoms with E-state index in [1.165, 1.54) is 5.56 Å². The molecule has 0 saturated carbocycles. The Labute approximate surface area is 131 Å². The molecule has 2 rings (SSSR count). The van der Waals surface area contributed by atoms with E-state index in [4.69, 9.17) is 9.47 Å². The summed E-state index contributed by atoms with van der Waals surface area (Å²) in [7, 11) is 0. The van der Waals surface area contributed by atoms with E-state index in [-0.39, 0.29) is 5.97 Å². The van der Waals surface area contributed by atoms with Gasteiger partial charge in [-0.2, -0.15) is 0 Å². The summed E-state index contributed by atoms with van der Waals surface area (Å²) in [5.41, 5.74) is 3.52. The van der Waals surface area contributed by atoms with Crippen LogP contribution in [0.2, 0.25) is 0 Å². The van der Waals surface area contributed by atoms with Gasteiger partial charge in [-0.25, -0.2) is 4.79 Å². The number of benzene rings is 2. The van der Waals surface area contributed by atoms with Crippen LogP contribution in [0, 0.1) is 6.92 Å². The lowest BCUT2D eigenvalue weighted by Crippen LogP contribution is -2.28. The highest BCUT2D eigenvalue weighted by atomic mass is 16.6. The first-order chi connectivity index (χ1) is 10.6. The second-order valence-electron chi connectivity index (χ2n) is 5.16. The minimum Gasteiger partial charge on any atom is -0.479 e. The third-order valence-corrected chi connectivity index (χ3v) is 3.44. The van der Waals surface area contributed by atoms with E-state index in [0.717, 1.165) is 11.1 Å². The average Bonchev–Trinajstić information content (AvgIpc) is 2.54. The zero-order valence-electron chi connectivity index (χ0n) is 13.3. The van der Waals surface area contributed by atoms with Gasteiger partial charge in [0.25, 0.3) is 0 Å². The number of hydrogen-bond acceptors (Lipinski definition) is 3. The SMILES string of the molecule is CCOC(=O)[C@@H](CC)Oc1ccc(-c2ccc(C)cc2)cc1. The van der Waals surface area contributed by atoms with E-state index in [2.05, 4.69) is 31.2 Å². The Bertz CT molecular complexity index is 600. The average molecular weight is 298 g/mol. The van der Waals surface area contributed by atoms with Crippen LogP contribution in [-0.4, -0.2) is 18.7 Å². The highest BCUT2D eigenvalue weighted by Crippen LogP contribution is 2.23. The normalized spacial score (nSPS) is 11.8. The number of aryl methyl sites for hydroxylation is 1. The lowest BCUT2D eigenvalue weighted by molar-refractivity contribution is -0.151. The number of rotatable bonds is 6. The molecule has 0 aliphatic carbocycles. The molecule has 0 aliphatic rings. The number of ether oxygens (including phenoxy) is 2. The molecule has 0 bridgehead atoms. The molecule has 2 aromatic carbocycles. The van der Waals surface area contributed by atoms with Crippen molar-refractivity contribution < 1.29 is 14.3 Å². The highest BCUT2D eigenvalue weighted by molar-refractivity contribution is 5.75. The molecule has 0 amide bonds. The number of carbonyl (C=O) groups excluding carboxylic acids is 1. The number of hydrogen-bond donors (Lipinski definition) is 0. The molecule has 22 heavy (non-hydrogen) atoms. The van der Waals surface area contributed by atoms with Crippen LogP contribution in [0.15, 0.2) is 48.5 Å². The molecule has 2 aromatic rings.